The van der Waals surface area contributed by atoms with Gasteiger partial charge in [-0.25, -0.2) is 0 Å². The number of esters is 1. The lowest BCUT2D eigenvalue weighted by atomic mass is 10.2. The molecule has 0 aliphatic rings. The van der Waals surface area contributed by atoms with E-state index in [1.807, 2.05) is 0 Å². The first-order valence-corrected chi connectivity index (χ1v) is 4.89. The van der Waals surface area contributed by atoms with Gasteiger partial charge in [-0.1, -0.05) is 0 Å². The van der Waals surface area contributed by atoms with E-state index in [0.717, 1.165) is 14.2 Å². The van der Waals surface area contributed by atoms with Crippen LogP contribution in [-0.4, -0.2) is 31.5 Å². The smallest absolute Gasteiger partial charge is 0.491 e. The van der Waals surface area contributed by atoms with Crippen LogP contribution in [0.4, 0.5) is 13.2 Å². The van der Waals surface area contributed by atoms with Gasteiger partial charge in [-0.3, -0.25) is 9.59 Å². The molecule has 1 heterocycles. The van der Waals surface area contributed by atoms with Crippen LogP contribution in [0.5, 0.6) is 11.5 Å². The number of aromatic nitrogens is 1. The normalized spacial score (nSPS) is 11.0. The average Bonchev–Trinajstić information content (AvgIpc) is 2.26. The Kier molecular flexibility index (Phi) is 4.41. The van der Waals surface area contributed by atoms with Gasteiger partial charge in [0.15, 0.2) is 11.5 Å². The van der Waals surface area contributed by atoms with Gasteiger partial charge in [0.2, 0.25) is 0 Å². The van der Waals surface area contributed by atoms with Gasteiger partial charge in [-0.15, -0.1) is 13.2 Å². The molecule has 0 unspecified atom stereocenters. The van der Waals surface area contributed by atoms with Crippen molar-refractivity contribution in [2.45, 2.75) is 12.8 Å². The molecule has 1 N–H and O–H groups in total. The first-order chi connectivity index (χ1) is 8.76. The molecule has 0 bridgehead atoms. The fourth-order valence-electron chi connectivity index (χ4n) is 1.34. The summed E-state index contributed by atoms with van der Waals surface area (Å²) in [5.41, 5.74) is -1.03. The maximum absolute atomic E-state index is 12.2. The monoisotopic (exact) mass is 281 g/mol. The van der Waals surface area contributed by atoms with E-state index in [-0.39, 0.29) is 11.4 Å². The van der Waals surface area contributed by atoms with Crippen molar-refractivity contribution in [1.82, 2.24) is 4.98 Å². The van der Waals surface area contributed by atoms with Crippen molar-refractivity contribution in [3.63, 3.8) is 0 Å². The van der Waals surface area contributed by atoms with Crippen LogP contribution in [0.2, 0.25) is 0 Å². The van der Waals surface area contributed by atoms with Gasteiger partial charge in [0.25, 0.3) is 5.56 Å². The lowest BCUT2D eigenvalue weighted by Gasteiger charge is -2.14. The second-order valence-corrected chi connectivity index (χ2v) is 3.31. The molecule has 1 rings (SSSR count). The quantitative estimate of drug-likeness (QED) is 0.833. The summed E-state index contributed by atoms with van der Waals surface area (Å²) in [7, 11) is 2.18. The molecule has 0 amide bonds. The van der Waals surface area contributed by atoms with Gasteiger partial charge >= 0.3 is 12.3 Å². The van der Waals surface area contributed by atoms with Crippen molar-refractivity contribution >= 4 is 5.97 Å². The molecule has 1 aromatic rings. The van der Waals surface area contributed by atoms with E-state index in [2.05, 4.69) is 14.5 Å². The Balaban J connectivity index is 3.24. The van der Waals surface area contributed by atoms with Crippen molar-refractivity contribution < 1.29 is 32.2 Å². The molecule has 0 aliphatic carbocycles. The second kappa shape index (κ2) is 5.63. The van der Waals surface area contributed by atoms with E-state index >= 15 is 0 Å². The summed E-state index contributed by atoms with van der Waals surface area (Å²) in [6.07, 6.45) is -5.44. The molecule has 0 radical (unpaired) electrons. The first kappa shape index (κ1) is 14.9. The van der Waals surface area contributed by atoms with Crippen molar-refractivity contribution in [2.24, 2.45) is 0 Å². The standard InChI is InChI=1S/C10H10F3NO5/c1-17-8(16)3-5-9(18-2)6(4-7(15)14-5)19-10(11,12)13/h4H,3H2,1-2H3,(H,14,15). The maximum atomic E-state index is 12.2. The lowest BCUT2D eigenvalue weighted by Crippen LogP contribution is -2.21. The minimum atomic E-state index is -4.98. The highest BCUT2D eigenvalue weighted by Crippen LogP contribution is 2.32. The molecular formula is C10H10F3NO5. The zero-order valence-electron chi connectivity index (χ0n) is 9.96. The molecule has 0 atom stereocenters. The number of nitrogens with one attached hydrogen (secondary N) is 1. The van der Waals surface area contributed by atoms with E-state index in [0.29, 0.717) is 6.07 Å². The molecule has 0 aromatic carbocycles. The fraction of sp³-hybridized carbons (Fsp3) is 0.400. The van der Waals surface area contributed by atoms with Gasteiger partial charge in [-0.05, 0) is 0 Å². The number of alkyl halides is 3. The molecule has 0 spiro atoms. The van der Waals surface area contributed by atoms with Crippen LogP contribution >= 0.6 is 0 Å². The zero-order chi connectivity index (χ0) is 14.6. The number of carbonyl (C=O) groups excluding carboxylic acids is 1. The number of pyridine rings is 1. The summed E-state index contributed by atoms with van der Waals surface area (Å²) in [5, 5.41) is 0. The van der Waals surface area contributed by atoms with Gasteiger partial charge < -0.3 is 19.2 Å². The predicted molar refractivity (Wildman–Crippen MR) is 56.0 cm³/mol. The topological polar surface area (TPSA) is 77.6 Å². The number of halogens is 3. The van der Waals surface area contributed by atoms with Crippen LogP contribution in [0.15, 0.2) is 10.9 Å². The van der Waals surface area contributed by atoms with Crippen LogP contribution in [0.25, 0.3) is 0 Å². The Morgan fingerprint density at radius 3 is 2.47 bits per heavy atom. The molecule has 0 aliphatic heterocycles. The predicted octanol–water partition coefficient (Wildman–Crippen LogP) is 0.998. The summed E-state index contributed by atoms with van der Waals surface area (Å²) in [6, 6.07) is 0.576. The van der Waals surface area contributed by atoms with Crippen molar-refractivity contribution in [1.29, 1.82) is 0 Å². The molecule has 6 nitrogen and oxygen atoms in total. The Hall–Kier alpha value is -2.19. The van der Waals surface area contributed by atoms with Crippen LogP contribution in [-0.2, 0) is 16.0 Å². The third-order valence-electron chi connectivity index (χ3n) is 2.01. The molecule has 0 fully saturated rings. The average molecular weight is 281 g/mol. The van der Waals surface area contributed by atoms with Gasteiger partial charge in [0, 0.05) is 6.07 Å². The highest BCUT2D eigenvalue weighted by Gasteiger charge is 2.33. The van der Waals surface area contributed by atoms with Gasteiger partial charge in [0.05, 0.1) is 26.3 Å². The Morgan fingerprint density at radius 2 is 2.00 bits per heavy atom. The number of rotatable bonds is 4. The highest BCUT2D eigenvalue weighted by atomic mass is 19.4. The van der Waals surface area contributed by atoms with E-state index in [9.17, 15) is 22.8 Å². The minimum Gasteiger partial charge on any atom is -0.491 e. The van der Waals surface area contributed by atoms with E-state index in [4.69, 9.17) is 4.74 Å². The number of ether oxygens (including phenoxy) is 3. The molecule has 19 heavy (non-hydrogen) atoms. The SMILES string of the molecule is COC(=O)Cc1[nH]c(=O)cc(OC(F)(F)F)c1OC. The van der Waals surface area contributed by atoms with Gasteiger partial charge in [0.1, 0.15) is 0 Å². The largest absolute Gasteiger partial charge is 0.573 e. The van der Waals surface area contributed by atoms with Crippen LogP contribution in [0.3, 0.4) is 0 Å². The summed E-state index contributed by atoms with van der Waals surface area (Å²) in [4.78, 5) is 24.5. The van der Waals surface area contributed by atoms with Crippen LogP contribution < -0.4 is 15.0 Å². The van der Waals surface area contributed by atoms with E-state index < -0.39 is 30.1 Å². The first-order valence-electron chi connectivity index (χ1n) is 4.89. The van der Waals surface area contributed by atoms with Crippen molar-refractivity contribution in [3.8, 4) is 11.5 Å². The number of hydrogen-bond acceptors (Lipinski definition) is 5. The molecular weight excluding hydrogens is 271 g/mol. The third kappa shape index (κ3) is 4.19. The van der Waals surface area contributed by atoms with Crippen LogP contribution in [0, 0.1) is 0 Å². The number of methoxy groups -OCH3 is 2. The summed E-state index contributed by atoms with van der Waals surface area (Å²) >= 11 is 0. The molecule has 106 valence electrons. The summed E-state index contributed by atoms with van der Waals surface area (Å²) < 4.78 is 49.2. The molecule has 1 aromatic heterocycles. The van der Waals surface area contributed by atoms with Crippen molar-refractivity contribution in [2.75, 3.05) is 14.2 Å². The van der Waals surface area contributed by atoms with E-state index in [1.54, 1.807) is 0 Å². The zero-order valence-corrected chi connectivity index (χ0v) is 9.96. The molecule has 9 heteroatoms. The second-order valence-electron chi connectivity index (χ2n) is 3.31. The van der Waals surface area contributed by atoms with Crippen molar-refractivity contribution in [3.05, 3.63) is 22.1 Å². The van der Waals surface area contributed by atoms with Gasteiger partial charge in [-0.2, -0.15) is 0 Å². The summed E-state index contributed by atoms with van der Waals surface area (Å²) in [6.45, 7) is 0. The molecule has 0 saturated carbocycles. The Labute approximate surface area is 105 Å². The Morgan fingerprint density at radius 1 is 1.37 bits per heavy atom. The fourth-order valence-corrected chi connectivity index (χ4v) is 1.34. The number of H-pyrrole nitrogens is 1. The maximum Gasteiger partial charge on any atom is 0.573 e. The van der Waals surface area contributed by atoms with Crippen LogP contribution in [0.1, 0.15) is 5.69 Å². The summed E-state index contributed by atoms with van der Waals surface area (Å²) in [5.74, 6) is -1.96. The number of carbonyl (C=O) groups is 1. The lowest BCUT2D eigenvalue weighted by molar-refractivity contribution is -0.275. The Bertz CT molecular complexity index is 523. The third-order valence-corrected chi connectivity index (χ3v) is 2.01. The molecule has 0 saturated heterocycles. The number of hydrogen-bond donors (Lipinski definition) is 1. The minimum absolute atomic E-state index is 0.166. The number of aromatic amines is 1. The highest BCUT2D eigenvalue weighted by molar-refractivity contribution is 5.73. The van der Waals surface area contributed by atoms with E-state index in [1.165, 1.54) is 0 Å².